The summed E-state index contributed by atoms with van der Waals surface area (Å²) in [7, 11) is 0. The van der Waals surface area contributed by atoms with Gasteiger partial charge in [-0.05, 0) is 67.0 Å². The number of hydrogen-bond donors (Lipinski definition) is 2. The molecule has 3 nitrogen and oxygen atoms in total. The van der Waals surface area contributed by atoms with Gasteiger partial charge >= 0.3 is 6.36 Å². The van der Waals surface area contributed by atoms with Crippen molar-refractivity contribution in [3.8, 4) is 5.75 Å². The van der Waals surface area contributed by atoms with Crippen LogP contribution in [0.3, 0.4) is 0 Å². The summed E-state index contributed by atoms with van der Waals surface area (Å²) >= 11 is 5.20. The van der Waals surface area contributed by atoms with Gasteiger partial charge < -0.3 is 15.4 Å². The lowest BCUT2D eigenvalue weighted by Gasteiger charge is -2.13. The van der Waals surface area contributed by atoms with Crippen LogP contribution in [0.2, 0.25) is 0 Å². The Bertz CT molecular complexity index is 732. The molecule has 0 bridgehead atoms. The van der Waals surface area contributed by atoms with E-state index in [9.17, 15) is 13.2 Å². The predicted octanol–water partition coefficient (Wildman–Crippen LogP) is 4.69. The van der Waals surface area contributed by atoms with Gasteiger partial charge in [-0.15, -0.1) is 13.2 Å². The zero-order valence-electron chi connectivity index (χ0n) is 13.2. The zero-order valence-corrected chi connectivity index (χ0v) is 14.0. The normalized spacial score (nSPS) is 11.0. The van der Waals surface area contributed by atoms with Crippen molar-refractivity contribution in [2.24, 2.45) is 0 Å². The first-order valence-electron chi connectivity index (χ1n) is 7.20. The van der Waals surface area contributed by atoms with Crippen LogP contribution in [0.5, 0.6) is 5.75 Å². The Kier molecular flexibility index (Phi) is 5.66. The molecule has 0 radical (unpaired) electrons. The van der Waals surface area contributed by atoms with Crippen LogP contribution in [0.15, 0.2) is 42.5 Å². The molecular formula is C17H17F3N2OS. The molecule has 0 aromatic heterocycles. The number of hydrogen-bond acceptors (Lipinski definition) is 2. The molecule has 0 amide bonds. The lowest BCUT2D eigenvalue weighted by atomic mass is 10.1. The summed E-state index contributed by atoms with van der Waals surface area (Å²) in [6, 6.07) is 11.6. The van der Waals surface area contributed by atoms with Crippen molar-refractivity contribution in [1.82, 2.24) is 5.32 Å². The van der Waals surface area contributed by atoms with Crippen LogP contribution in [0, 0.1) is 13.8 Å². The minimum atomic E-state index is -4.70. The lowest BCUT2D eigenvalue weighted by Crippen LogP contribution is -2.28. The van der Waals surface area contributed by atoms with E-state index in [1.54, 1.807) is 6.07 Å². The Morgan fingerprint density at radius 1 is 1.08 bits per heavy atom. The van der Waals surface area contributed by atoms with Crippen LogP contribution in [-0.2, 0) is 6.54 Å². The van der Waals surface area contributed by atoms with Crippen molar-refractivity contribution in [2.45, 2.75) is 26.8 Å². The first kappa shape index (κ1) is 18.1. The van der Waals surface area contributed by atoms with Crippen LogP contribution >= 0.6 is 12.2 Å². The standard InChI is InChI=1S/C17H17F3N2OS/c1-11-6-7-14(8-12(11)2)22-16(24)21-10-13-4-3-5-15(9-13)23-17(18,19)20/h3-9H,10H2,1-2H3,(H2,21,22,24). The minimum Gasteiger partial charge on any atom is -0.406 e. The van der Waals surface area contributed by atoms with Gasteiger partial charge in [-0.2, -0.15) is 0 Å². The molecule has 0 aliphatic rings. The second-order valence-electron chi connectivity index (χ2n) is 5.30. The number of aryl methyl sites for hydroxylation is 2. The molecule has 2 aromatic rings. The average molecular weight is 354 g/mol. The van der Waals surface area contributed by atoms with Crippen LogP contribution in [0.25, 0.3) is 0 Å². The van der Waals surface area contributed by atoms with Crippen molar-refractivity contribution in [1.29, 1.82) is 0 Å². The van der Waals surface area contributed by atoms with Gasteiger partial charge in [0, 0.05) is 12.2 Å². The third kappa shape index (κ3) is 5.73. The Morgan fingerprint density at radius 3 is 2.50 bits per heavy atom. The summed E-state index contributed by atoms with van der Waals surface area (Å²) in [5.74, 6) is -0.255. The molecule has 0 heterocycles. The molecular weight excluding hydrogens is 337 g/mol. The summed E-state index contributed by atoms with van der Waals surface area (Å²) in [6.07, 6.45) is -4.70. The number of anilines is 1. The highest BCUT2D eigenvalue weighted by molar-refractivity contribution is 7.80. The van der Waals surface area contributed by atoms with E-state index in [-0.39, 0.29) is 12.3 Å². The molecule has 128 valence electrons. The quantitative estimate of drug-likeness (QED) is 0.781. The van der Waals surface area contributed by atoms with Crippen molar-refractivity contribution in [3.63, 3.8) is 0 Å². The number of alkyl halides is 3. The highest BCUT2D eigenvalue weighted by atomic mass is 32.1. The number of rotatable bonds is 4. The number of nitrogens with one attached hydrogen (secondary N) is 2. The topological polar surface area (TPSA) is 33.3 Å². The summed E-state index contributed by atoms with van der Waals surface area (Å²) in [5.41, 5.74) is 3.80. The lowest BCUT2D eigenvalue weighted by molar-refractivity contribution is -0.274. The van der Waals surface area contributed by atoms with E-state index in [2.05, 4.69) is 15.4 Å². The average Bonchev–Trinajstić information content (AvgIpc) is 2.48. The molecule has 0 atom stereocenters. The smallest absolute Gasteiger partial charge is 0.406 e. The molecule has 0 saturated heterocycles. The van der Waals surface area contributed by atoms with Gasteiger partial charge in [0.05, 0.1) is 0 Å². The van der Waals surface area contributed by atoms with Gasteiger partial charge in [0.15, 0.2) is 5.11 Å². The Labute approximate surface area is 143 Å². The fourth-order valence-electron chi connectivity index (χ4n) is 2.03. The van der Waals surface area contributed by atoms with E-state index < -0.39 is 6.36 Å². The van der Waals surface area contributed by atoms with E-state index in [4.69, 9.17) is 12.2 Å². The summed E-state index contributed by atoms with van der Waals surface area (Å²) < 4.78 is 40.6. The third-order valence-corrected chi connectivity index (χ3v) is 3.60. The second kappa shape index (κ2) is 7.53. The van der Waals surface area contributed by atoms with Gasteiger partial charge in [0.2, 0.25) is 0 Å². The summed E-state index contributed by atoms with van der Waals surface area (Å²) in [5, 5.41) is 6.39. The molecule has 7 heteroatoms. The van der Waals surface area contributed by atoms with E-state index in [1.807, 2.05) is 32.0 Å². The summed E-state index contributed by atoms with van der Waals surface area (Å²) in [4.78, 5) is 0. The number of ether oxygens (including phenoxy) is 1. The van der Waals surface area contributed by atoms with Gasteiger partial charge in [-0.1, -0.05) is 18.2 Å². The fourth-order valence-corrected chi connectivity index (χ4v) is 2.22. The second-order valence-corrected chi connectivity index (χ2v) is 5.71. The van der Waals surface area contributed by atoms with Crippen LogP contribution < -0.4 is 15.4 Å². The maximum atomic E-state index is 12.2. The van der Waals surface area contributed by atoms with Gasteiger partial charge in [-0.3, -0.25) is 0 Å². The van der Waals surface area contributed by atoms with Crippen LogP contribution in [0.4, 0.5) is 18.9 Å². The number of thiocarbonyl (C=S) groups is 1. The molecule has 0 aliphatic heterocycles. The molecule has 0 aliphatic carbocycles. The van der Waals surface area contributed by atoms with Crippen molar-refractivity contribution < 1.29 is 17.9 Å². The highest BCUT2D eigenvalue weighted by Crippen LogP contribution is 2.23. The van der Waals surface area contributed by atoms with E-state index in [0.717, 1.165) is 11.3 Å². The molecule has 0 saturated carbocycles. The first-order chi connectivity index (χ1) is 11.2. The largest absolute Gasteiger partial charge is 0.573 e. The molecule has 2 aromatic carbocycles. The zero-order chi connectivity index (χ0) is 17.7. The van der Waals surface area contributed by atoms with Crippen molar-refractivity contribution in [2.75, 3.05) is 5.32 Å². The van der Waals surface area contributed by atoms with Crippen molar-refractivity contribution >= 4 is 23.0 Å². The molecule has 0 fully saturated rings. The molecule has 2 rings (SSSR count). The Balaban J connectivity index is 1.91. The van der Waals surface area contributed by atoms with Crippen LogP contribution in [0.1, 0.15) is 16.7 Å². The molecule has 2 N–H and O–H groups in total. The SMILES string of the molecule is Cc1ccc(NC(=S)NCc2cccc(OC(F)(F)F)c2)cc1C. The maximum absolute atomic E-state index is 12.2. The molecule has 24 heavy (non-hydrogen) atoms. The minimum absolute atomic E-state index is 0.255. The predicted molar refractivity (Wildman–Crippen MR) is 92.1 cm³/mol. The van der Waals surface area contributed by atoms with Gasteiger partial charge in [0.1, 0.15) is 5.75 Å². The molecule has 0 spiro atoms. The third-order valence-electron chi connectivity index (χ3n) is 3.35. The van der Waals surface area contributed by atoms with E-state index in [0.29, 0.717) is 10.7 Å². The fraction of sp³-hybridized carbons (Fsp3) is 0.235. The Hall–Kier alpha value is -2.28. The summed E-state index contributed by atoms with van der Waals surface area (Å²) in [6.45, 7) is 4.31. The Morgan fingerprint density at radius 2 is 1.83 bits per heavy atom. The van der Waals surface area contributed by atoms with E-state index >= 15 is 0 Å². The van der Waals surface area contributed by atoms with Gasteiger partial charge in [-0.25, -0.2) is 0 Å². The highest BCUT2D eigenvalue weighted by Gasteiger charge is 2.31. The van der Waals surface area contributed by atoms with Gasteiger partial charge in [0.25, 0.3) is 0 Å². The van der Waals surface area contributed by atoms with Crippen LogP contribution in [-0.4, -0.2) is 11.5 Å². The first-order valence-corrected chi connectivity index (χ1v) is 7.60. The molecule has 0 unspecified atom stereocenters. The number of benzene rings is 2. The number of halogens is 3. The van der Waals surface area contributed by atoms with E-state index in [1.165, 1.54) is 23.8 Å². The maximum Gasteiger partial charge on any atom is 0.573 e. The monoisotopic (exact) mass is 354 g/mol. The van der Waals surface area contributed by atoms with Crippen molar-refractivity contribution in [3.05, 3.63) is 59.2 Å².